The Labute approximate surface area is 147 Å². The van der Waals surface area contributed by atoms with Crippen molar-refractivity contribution in [2.24, 2.45) is 0 Å². The van der Waals surface area contributed by atoms with E-state index in [1.54, 1.807) is 7.05 Å². The maximum Gasteiger partial charge on any atom is 0.277 e. The molecule has 2 aromatic carbocycles. The van der Waals surface area contributed by atoms with E-state index < -0.39 is 0 Å². The number of carbonyl (C=O) groups is 2. The molecule has 4 nitrogen and oxygen atoms in total. The number of aryl methyl sites for hydroxylation is 1. The van der Waals surface area contributed by atoms with Gasteiger partial charge in [0, 0.05) is 20.1 Å². The average Bonchev–Trinajstić information content (AvgIpc) is 2.86. The summed E-state index contributed by atoms with van der Waals surface area (Å²) in [7, 11) is 1.56. The van der Waals surface area contributed by atoms with Gasteiger partial charge in [-0.05, 0) is 30.0 Å². The molecule has 2 aliphatic heterocycles. The molecule has 126 valence electrons. The van der Waals surface area contributed by atoms with Crippen molar-refractivity contribution in [2.75, 3.05) is 13.6 Å². The van der Waals surface area contributed by atoms with Gasteiger partial charge >= 0.3 is 0 Å². The molecular weight excluding hydrogens is 312 g/mol. The minimum Gasteiger partial charge on any atom is -0.362 e. The number of fused-ring (bicyclic) bond motifs is 1. The highest BCUT2D eigenvalue weighted by atomic mass is 16.2. The average molecular weight is 332 g/mol. The number of imide groups is 1. The topological polar surface area (TPSA) is 40.6 Å². The largest absolute Gasteiger partial charge is 0.362 e. The number of likely N-dealkylation sites (N-methyl/N-ethyl adjacent to an activating group) is 1. The Balaban J connectivity index is 1.80. The number of hydrogen-bond donors (Lipinski definition) is 0. The summed E-state index contributed by atoms with van der Waals surface area (Å²) in [5.41, 5.74) is 5.53. The third kappa shape index (κ3) is 2.54. The Kier molecular flexibility index (Phi) is 3.68. The molecule has 0 aliphatic carbocycles. The van der Waals surface area contributed by atoms with Crippen LogP contribution >= 0.6 is 0 Å². The summed E-state index contributed by atoms with van der Waals surface area (Å²) in [6.07, 6.45) is 0.881. The van der Waals surface area contributed by atoms with Gasteiger partial charge in [-0.1, -0.05) is 54.1 Å². The number of amides is 2. The Morgan fingerprint density at radius 1 is 0.880 bits per heavy atom. The van der Waals surface area contributed by atoms with Crippen molar-refractivity contribution in [2.45, 2.75) is 19.9 Å². The molecule has 4 heteroatoms. The number of carbonyl (C=O) groups excluding carboxylic acids is 2. The highest BCUT2D eigenvalue weighted by molar-refractivity contribution is 6.35. The lowest BCUT2D eigenvalue weighted by Crippen LogP contribution is -2.35. The van der Waals surface area contributed by atoms with Gasteiger partial charge in [0.25, 0.3) is 11.8 Å². The minimum absolute atomic E-state index is 0.208. The van der Waals surface area contributed by atoms with Gasteiger partial charge in [-0.3, -0.25) is 14.5 Å². The molecule has 0 fully saturated rings. The fourth-order valence-electron chi connectivity index (χ4n) is 3.59. The summed E-state index contributed by atoms with van der Waals surface area (Å²) < 4.78 is 0. The van der Waals surface area contributed by atoms with Crippen LogP contribution in [0, 0.1) is 6.92 Å². The van der Waals surface area contributed by atoms with Gasteiger partial charge < -0.3 is 4.90 Å². The van der Waals surface area contributed by atoms with E-state index in [2.05, 4.69) is 17.0 Å². The van der Waals surface area contributed by atoms with Crippen molar-refractivity contribution in [1.82, 2.24) is 9.80 Å². The molecule has 4 rings (SSSR count). The van der Waals surface area contributed by atoms with Crippen LogP contribution in [-0.4, -0.2) is 35.2 Å². The molecule has 0 saturated heterocycles. The van der Waals surface area contributed by atoms with Crippen molar-refractivity contribution in [3.05, 3.63) is 76.5 Å². The molecule has 0 saturated carbocycles. The Hall–Kier alpha value is -2.88. The molecule has 0 unspecified atom stereocenters. The monoisotopic (exact) mass is 332 g/mol. The van der Waals surface area contributed by atoms with Gasteiger partial charge in [-0.25, -0.2) is 0 Å². The third-order valence-corrected chi connectivity index (χ3v) is 5.05. The highest BCUT2D eigenvalue weighted by Crippen LogP contribution is 2.33. The minimum atomic E-state index is -0.220. The van der Waals surface area contributed by atoms with E-state index in [1.807, 2.05) is 43.3 Å². The van der Waals surface area contributed by atoms with Gasteiger partial charge in [0.15, 0.2) is 0 Å². The van der Waals surface area contributed by atoms with Crippen LogP contribution in [0.25, 0.3) is 5.57 Å². The maximum atomic E-state index is 12.8. The van der Waals surface area contributed by atoms with Crippen molar-refractivity contribution < 1.29 is 9.59 Å². The van der Waals surface area contributed by atoms with E-state index in [0.717, 1.165) is 24.1 Å². The Bertz CT molecular complexity index is 896. The third-order valence-electron chi connectivity index (χ3n) is 5.05. The Morgan fingerprint density at radius 2 is 1.56 bits per heavy atom. The molecule has 2 aromatic rings. The summed E-state index contributed by atoms with van der Waals surface area (Å²) in [6.45, 7) is 3.41. The van der Waals surface area contributed by atoms with Gasteiger partial charge in [-0.15, -0.1) is 0 Å². The van der Waals surface area contributed by atoms with Crippen molar-refractivity contribution in [3.8, 4) is 0 Å². The first-order valence-corrected chi connectivity index (χ1v) is 8.51. The predicted octanol–water partition coefficient (Wildman–Crippen LogP) is 2.76. The van der Waals surface area contributed by atoms with Gasteiger partial charge in [-0.2, -0.15) is 0 Å². The predicted molar refractivity (Wildman–Crippen MR) is 96.4 cm³/mol. The van der Waals surface area contributed by atoms with Crippen molar-refractivity contribution >= 4 is 17.4 Å². The van der Waals surface area contributed by atoms with Crippen LogP contribution in [0.3, 0.4) is 0 Å². The number of nitrogens with zero attached hydrogens (tertiary/aromatic N) is 2. The molecule has 0 N–H and O–H groups in total. The van der Waals surface area contributed by atoms with Crippen LogP contribution in [0.1, 0.15) is 22.3 Å². The summed E-state index contributed by atoms with van der Waals surface area (Å²) in [5, 5.41) is 0. The first kappa shape index (κ1) is 15.6. The molecule has 2 amide bonds. The molecule has 2 heterocycles. The van der Waals surface area contributed by atoms with Gasteiger partial charge in [0.1, 0.15) is 5.70 Å². The van der Waals surface area contributed by atoms with Crippen LogP contribution in [0.15, 0.2) is 54.2 Å². The second kappa shape index (κ2) is 5.88. The lowest BCUT2D eigenvalue weighted by Gasteiger charge is -2.31. The summed E-state index contributed by atoms with van der Waals surface area (Å²) >= 11 is 0. The van der Waals surface area contributed by atoms with Crippen molar-refractivity contribution in [3.63, 3.8) is 0 Å². The van der Waals surface area contributed by atoms with Crippen LogP contribution < -0.4 is 0 Å². The summed E-state index contributed by atoms with van der Waals surface area (Å²) in [6, 6.07) is 16.1. The quantitative estimate of drug-likeness (QED) is 0.794. The van der Waals surface area contributed by atoms with E-state index in [4.69, 9.17) is 0 Å². The van der Waals surface area contributed by atoms with E-state index in [9.17, 15) is 9.59 Å². The normalized spacial score (nSPS) is 17.4. The summed E-state index contributed by atoms with van der Waals surface area (Å²) in [5.74, 6) is -0.428. The molecule has 0 atom stereocenters. The Morgan fingerprint density at radius 3 is 2.28 bits per heavy atom. The number of hydrogen-bond acceptors (Lipinski definition) is 3. The molecule has 2 aliphatic rings. The fourth-order valence-corrected chi connectivity index (χ4v) is 3.59. The van der Waals surface area contributed by atoms with Crippen LogP contribution in [0.2, 0.25) is 0 Å². The second-order valence-electron chi connectivity index (χ2n) is 6.70. The number of benzene rings is 2. The zero-order valence-corrected chi connectivity index (χ0v) is 14.5. The van der Waals surface area contributed by atoms with Crippen molar-refractivity contribution in [1.29, 1.82) is 0 Å². The first-order chi connectivity index (χ1) is 12.1. The van der Waals surface area contributed by atoms with Crippen LogP contribution in [0.5, 0.6) is 0 Å². The molecule has 0 spiro atoms. The lowest BCUT2D eigenvalue weighted by atomic mass is 9.97. The van der Waals surface area contributed by atoms with Gasteiger partial charge in [0.2, 0.25) is 0 Å². The number of rotatable bonds is 2. The van der Waals surface area contributed by atoms with E-state index >= 15 is 0 Å². The molecular formula is C21H20N2O2. The van der Waals surface area contributed by atoms with Crippen LogP contribution in [0.4, 0.5) is 0 Å². The first-order valence-electron chi connectivity index (χ1n) is 8.51. The van der Waals surface area contributed by atoms with E-state index in [1.165, 1.54) is 16.0 Å². The fraction of sp³-hybridized carbons (Fsp3) is 0.238. The standard InChI is InChI=1S/C21H20N2O2/c1-14-7-9-16(10-8-14)18-19(21(25)22(2)20(18)24)23-12-11-15-5-3-4-6-17(15)13-23/h3-10H,11-13H2,1-2H3. The second-order valence-corrected chi connectivity index (χ2v) is 6.70. The highest BCUT2D eigenvalue weighted by Gasteiger charge is 2.40. The van der Waals surface area contributed by atoms with Gasteiger partial charge in [0.05, 0.1) is 5.57 Å². The maximum absolute atomic E-state index is 12.8. The molecule has 0 bridgehead atoms. The van der Waals surface area contributed by atoms with Crippen LogP contribution in [-0.2, 0) is 22.6 Å². The zero-order valence-electron chi connectivity index (χ0n) is 14.5. The smallest absolute Gasteiger partial charge is 0.277 e. The zero-order chi connectivity index (χ0) is 17.6. The SMILES string of the molecule is Cc1ccc(C2=C(N3CCc4ccccc4C3)C(=O)N(C)C2=O)cc1. The van der Waals surface area contributed by atoms with E-state index in [0.29, 0.717) is 17.8 Å². The lowest BCUT2D eigenvalue weighted by molar-refractivity contribution is -0.136. The molecule has 25 heavy (non-hydrogen) atoms. The molecule has 0 aromatic heterocycles. The van der Waals surface area contributed by atoms with E-state index in [-0.39, 0.29) is 11.8 Å². The summed E-state index contributed by atoms with van der Waals surface area (Å²) in [4.78, 5) is 28.8. The molecule has 0 radical (unpaired) electrons.